The number of nitrogens with zero attached hydrogens (tertiary/aromatic N) is 1. The van der Waals surface area contributed by atoms with Crippen molar-refractivity contribution in [2.45, 2.75) is 17.9 Å². The molecule has 1 N–H and O–H groups in total. The van der Waals surface area contributed by atoms with Gasteiger partial charge in [-0.25, -0.2) is 13.1 Å². The average molecular weight is 445 g/mol. The van der Waals surface area contributed by atoms with Crippen molar-refractivity contribution in [1.29, 1.82) is 0 Å². The van der Waals surface area contributed by atoms with Gasteiger partial charge >= 0.3 is 0 Å². The predicted octanol–water partition coefficient (Wildman–Crippen LogP) is 3.41. The number of ether oxygens (including phenoxy) is 2. The minimum absolute atomic E-state index is 0.197. The molecule has 1 atom stereocenters. The van der Waals surface area contributed by atoms with E-state index in [1.807, 2.05) is 0 Å². The van der Waals surface area contributed by atoms with Crippen molar-refractivity contribution in [3.63, 3.8) is 0 Å². The molecule has 1 unspecified atom stereocenters. The highest BCUT2D eigenvalue weighted by Gasteiger charge is 2.28. The van der Waals surface area contributed by atoms with Crippen LogP contribution < -0.4 is 14.2 Å². The molecule has 0 aromatic heterocycles. The fraction of sp³-hybridized carbons (Fsp3) is 0.250. The Hall–Kier alpha value is -2.17. The number of hydrogen-bond donors (Lipinski definition) is 1. The summed E-state index contributed by atoms with van der Waals surface area (Å²) in [5, 5.41) is 11.2. The number of hydrogen-bond acceptors (Lipinski definition) is 6. The third-order valence-electron chi connectivity index (χ3n) is 3.66. The normalized spacial score (nSPS) is 12.5. The smallest absolute Gasteiger partial charge is 0.293 e. The van der Waals surface area contributed by atoms with Gasteiger partial charge in [0, 0.05) is 6.04 Å². The number of nitro benzene ring substituents is 1. The number of nitrogens with one attached hydrogen (secondary N) is 1. The Morgan fingerprint density at radius 2 is 1.85 bits per heavy atom. The zero-order valence-electron chi connectivity index (χ0n) is 14.2. The highest BCUT2D eigenvalue weighted by Crippen LogP contribution is 2.31. The molecule has 0 aliphatic carbocycles. The van der Waals surface area contributed by atoms with Gasteiger partial charge in [0.25, 0.3) is 5.69 Å². The zero-order valence-corrected chi connectivity index (χ0v) is 16.6. The summed E-state index contributed by atoms with van der Waals surface area (Å²) in [5.41, 5.74) is 0.109. The summed E-state index contributed by atoms with van der Waals surface area (Å²) < 4.78 is 38.5. The first-order chi connectivity index (χ1) is 12.2. The molecule has 26 heavy (non-hydrogen) atoms. The minimum Gasteiger partial charge on any atom is -0.497 e. The van der Waals surface area contributed by atoms with Crippen LogP contribution in [0.1, 0.15) is 18.5 Å². The van der Waals surface area contributed by atoms with Crippen LogP contribution in [0.15, 0.2) is 45.8 Å². The number of rotatable bonds is 7. The molecular weight excluding hydrogens is 428 g/mol. The second-order valence-corrected chi connectivity index (χ2v) is 7.86. The van der Waals surface area contributed by atoms with Gasteiger partial charge in [0.1, 0.15) is 11.5 Å². The predicted molar refractivity (Wildman–Crippen MR) is 99.1 cm³/mol. The van der Waals surface area contributed by atoms with E-state index < -0.39 is 31.6 Å². The fourth-order valence-electron chi connectivity index (χ4n) is 2.31. The summed E-state index contributed by atoms with van der Waals surface area (Å²) >= 11 is 3.34. The van der Waals surface area contributed by atoms with Crippen LogP contribution in [-0.4, -0.2) is 27.6 Å². The molecular formula is C16H17BrN2O6S. The fourth-order valence-corrected chi connectivity index (χ4v) is 4.25. The Morgan fingerprint density at radius 3 is 2.38 bits per heavy atom. The monoisotopic (exact) mass is 444 g/mol. The van der Waals surface area contributed by atoms with Gasteiger partial charge in [0.15, 0.2) is 4.90 Å². The summed E-state index contributed by atoms with van der Waals surface area (Å²) in [6.45, 7) is 1.64. The maximum atomic E-state index is 12.7. The van der Waals surface area contributed by atoms with Crippen molar-refractivity contribution in [3.05, 3.63) is 56.5 Å². The van der Waals surface area contributed by atoms with E-state index in [9.17, 15) is 18.5 Å². The Bertz CT molecular complexity index is 932. The Kier molecular flexibility index (Phi) is 6.21. The van der Waals surface area contributed by atoms with E-state index in [0.29, 0.717) is 15.8 Å². The Balaban J connectivity index is 2.36. The van der Waals surface area contributed by atoms with Crippen LogP contribution in [0.4, 0.5) is 5.69 Å². The van der Waals surface area contributed by atoms with Gasteiger partial charge in [-0.3, -0.25) is 10.1 Å². The van der Waals surface area contributed by atoms with Gasteiger partial charge in [-0.2, -0.15) is 0 Å². The number of halogens is 1. The van der Waals surface area contributed by atoms with Gasteiger partial charge in [-0.15, -0.1) is 0 Å². The lowest BCUT2D eigenvalue weighted by molar-refractivity contribution is -0.387. The van der Waals surface area contributed by atoms with Gasteiger partial charge in [-0.1, -0.05) is 6.07 Å². The van der Waals surface area contributed by atoms with Crippen LogP contribution in [0.3, 0.4) is 0 Å². The standard InChI is InChI=1S/C16H17BrN2O6S/c1-10(11-4-6-15(25-3)13(17)8-11)18-26(22,23)16-7-5-12(24-2)9-14(16)19(20)21/h4-10,18H,1-3H3. The van der Waals surface area contributed by atoms with Crippen LogP contribution in [0.2, 0.25) is 0 Å². The Morgan fingerprint density at radius 1 is 1.15 bits per heavy atom. The van der Waals surface area contributed by atoms with Crippen molar-refractivity contribution in [1.82, 2.24) is 4.72 Å². The van der Waals surface area contributed by atoms with Crippen molar-refractivity contribution in [2.75, 3.05) is 14.2 Å². The number of sulfonamides is 1. The van der Waals surface area contributed by atoms with E-state index in [1.54, 1.807) is 25.1 Å². The second-order valence-electron chi connectivity index (χ2n) is 5.33. The summed E-state index contributed by atoms with van der Waals surface area (Å²) in [4.78, 5) is 10.1. The third-order valence-corrected chi connectivity index (χ3v) is 5.87. The highest BCUT2D eigenvalue weighted by atomic mass is 79.9. The summed E-state index contributed by atoms with van der Waals surface area (Å²) in [6.07, 6.45) is 0. The van der Waals surface area contributed by atoms with E-state index >= 15 is 0 Å². The maximum Gasteiger partial charge on any atom is 0.293 e. The lowest BCUT2D eigenvalue weighted by atomic mass is 10.1. The van der Waals surface area contributed by atoms with Gasteiger partial charge in [0.2, 0.25) is 10.0 Å². The summed E-state index contributed by atoms with van der Waals surface area (Å²) in [6, 6.07) is 8.08. The molecule has 0 saturated heterocycles. The first-order valence-corrected chi connectivity index (χ1v) is 9.65. The van der Waals surface area contributed by atoms with Gasteiger partial charge < -0.3 is 9.47 Å². The van der Waals surface area contributed by atoms with Gasteiger partial charge in [0.05, 0.1) is 29.7 Å². The molecule has 2 aromatic rings. The van der Waals surface area contributed by atoms with Crippen LogP contribution in [-0.2, 0) is 10.0 Å². The molecule has 0 aliphatic rings. The van der Waals surface area contributed by atoms with E-state index in [2.05, 4.69) is 20.7 Å². The van der Waals surface area contributed by atoms with Crippen molar-refractivity contribution < 1.29 is 22.8 Å². The van der Waals surface area contributed by atoms with E-state index in [0.717, 1.165) is 12.1 Å². The van der Waals surface area contributed by atoms with Crippen LogP contribution >= 0.6 is 15.9 Å². The molecule has 8 nitrogen and oxygen atoms in total. The zero-order chi connectivity index (χ0) is 19.5. The first-order valence-electron chi connectivity index (χ1n) is 7.37. The van der Waals surface area contributed by atoms with E-state index in [-0.39, 0.29) is 5.75 Å². The van der Waals surface area contributed by atoms with Crippen LogP contribution in [0, 0.1) is 10.1 Å². The molecule has 0 radical (unpaired) electrons. The SMILES string of the molecule is COc1ccc(S(=O)(=O)NC(C)c2ccc(OC)c(Br)c2)c([N+](=O)[O-])c1. The number of benzene rings is 2. The number of nitro groups is 1. The van der Waals surface area contributed by atoms with Crippen molar-refractivity contribution in [3.8, 4) is 11.5 Å². The molecule has 0 spiro atoms. The molecule has 2 aromatic carbocycles. The number of methoxy groups -OCH3 is 2. The third kappa shape index (κ3) is 4.32. The van der Waals surface area contributed by atoms with E-state index in [1.165, 1.54) is 20.3 Å². The molecule has 0 saturated carbocycles. The topological polar surface area (TPSA) is 108 Å². The quantitative estimate of drug-likeness (QED) is 0.517. The second kappa shape index (κ2) is 8.02. The lowest BCUT2D eigenvalue weighted by Gasteiger charge is -2.16. The van der Waals surface area contributed by atoms with Crippen molar-refractivity contribution >= 4 is 31.6 Å². The lowest BCUT2D eigenvalue weighted by Crippen LogP contribution is -2.27. The van der Waals surface area contributed by atoms with Crippen molar-refractivity contribution in [2.24, 2.45) is 0 Å². The minimum atomic E-state index is -4.13. The molecule has 0 fully saturated rings. The van der Waals surface area contributed by atoms with Crippen LogP contribution in [0.25, 0.3) is 0 Å². The maximum absolute atomic E-state index is 12.7. The molecule has 0 aliphatic heterocycles. The Labute approximate surface area is 159 Å². The molecule has 0 bridgehead atoms. The summed E-state index contributed by atoms with van der Waals surface area (Å²) in [5.74, 6) is 0.803. The molecule has 0 amide bonds. The first kappa shape index (κ1) is 20.1. The van der Waals surface area contributed by atoms with E-state index in [4.69, 9.17) is 9.47 Å². The largest absolute Gasteiger partial charge is 0.497 e. The van der Waals surface area contributed by atoms with Gasteiger partial charge in [-0.05, 0) is 52.7 Å². The average Bonchev–Trinajstić information content (AvgIpc) is 2.60. The molecule has 140 valence electrons. The van der Waals surface area contributed by atoms with Crippen LogP contribution in [0.5, 0.6) is 11.5 Å². The molecule has 2 rings (SSSR count). The summed E-state index contributed by atoms with van der Waals surface area (Å²) in [7, 11) is -1.27. The molecule has 10 heteroatoms. The molecule has 0 heterocycles. The highest BCUT2D eigenvalue weighted by molar-refractivity contribution is 9.10.